The van der Waals surface area contributed by atoms with Gasteiger partial charge in [0.05, 0.1) is 29.5 Å². The van der Waals surface area contributed by atoms with Gasteiger partial charge < -0.3 is 9.47 Å². The Morgan fingerprint density at radius 2 is 2.07 bits per heavy atom. The maximum atomic E-state index is 13.4. The molecule has 0 N–H and O–H groups in total. The van der Waals surface area contributed by atoms with Crippen LogP contribution in [0.5, 0.6) is 0 Å². The lowest BCUT2D eigenvalue weighted by atomic mass is 10.00. The second-order valence-electron chi connectivity index (χ2n) is 7.64. The van der Waals surface area contributed by atoms with Gasteiger partial charge in [0.1, 0.15) is 11.5 Å². The molecule has 8 heteroatoms. The summed E-state index contributed by atoms with van der Waals surface area (Å²) in [7, 11) is 0. The van der Waals surface area contributed by atoms with Crippen LogP contribution in [0.3, 0.4) is 0 Å². The SMILES string of the molecule is Fc1ccc(-c2nnn3c2CO[C@@H]2CN(CC4CCOCC4)C[C@H]23)c(Cl)c1. The maximum absolute atomic E-state index is 13.4. The third-order valence-electron chi connectivity index (χ3n) is 5.90. The van der Waals surface area contributed by atoms with Gasteiger partial charge >= 0.3 is 0 Å². The Labute approximate surface area is 162 Å². The highest BCUT2D eigenvalue weighted by molar-refractivity contribution is 6.33. The molecule has 0 amide bonds. The topological polar surface area (TPSA) is 52.4 Å². The summed E-state index contributed by atoms with van der Waals surface area (Å²) in [5, 5.41) is 9.10. The summed E-state index contributed by atoms with van der Waals surface area (Å²) in [5.41, 5.74) is 2.29. The van der Waals surface area contributed by atoms with E-state index in [9.17, 15) is 4.39 Å². The minimum atomic E-state index is -0.361. The van der Waals surface area contributed by atoms with Crippen molar-refractivity contribution in [3.63, 3.8) is 0 Å². The van der Waals surface area contributed by atoms with Crippen molar-refractivity contribution in [1.82, 2.24) is 19.9 Å². The van der Waals surface area contributed by atoms with Crippen LogP contribution in [-0.4, -0.2) is 58.8 Å². The van der Waals surface area contributed by atoms with E-state index in [0.717, 1.165) is 51.4 Å². The van der Waals surface area contributed by atoms with Crippen LogP contribution < -0.4 is 0 Å². The summed E-state index contributed by atoms with van der Waals surface area (Å²) in [6.07, 6.45) is 2.40. The zero-order chi connectivity index (χ0) is 18.4. The highest BCUT2D eigenvalue weighted by Gasteiger charge is 2.41. The molecule has 2 fully saturated rings. The number of nitrogens with zero attached hydrogens (tertiary/aromatic N) is 4. The van der Waals surface area contributed by atoms with E-state index in [1.165, 1.54) is 12.1 Å². The first-order chi connectivity index (χ1) is 13.2. The molecule has 4 heterocycles. The lowest BCUT2D eigenvalue weighted by Crippen LogP contribution is -2.32. The minimum absolute atomic E-state index is 0.135. The Morgan fingerprint density at radius 3 is 2.89 bits per heavy atom. The standard InChI is InChI=1S/C19H22ClFN4O2/c20-15-7-13(21)1-2-14(15)19-17-11-27-18-10-24(8-12-3-5-26-6-4-12)9-16(18)25(17)23-22-19/h1-2,7,12,16,18H,3-6,8-11H2/t16-,18-/m1/s1. The van der Waals surface area contributed by atoms with Crippen LogP contribution in [0.1, 0.15) is 24.6 Å². The summed E-state index contributed by atoms with van der Waals surface area (Å²) in [6, 6.07) is 4.51. The fourth-order valence-electron chi connectivity index (χ4n) is 4.47. The maximum Gasteiger partial charge on any atom is 0.124 e. The van der Waals surface area contributed by atoms with Gasteiger partial charge in [0, 0.05) is 38.4 Å². The van der Waals surface area contributed by atoms with E-state index in [2.05, 4.69) is 15.2 Å². The molecule has 0 bridgehead atoms. The molecule has 5 rings (SSSR count). The van der Waals surface area contributed by atoms with Gasteiger partial charge in [-0.05, 0) is 37.0 Å². The fourth-order valence-corrected chi connectivity index (χ4v) is 4.72. The van der Waals surface area contributed by atoms with Crippen molar-refractivity contribution in [2.75, 3.05) is 32.8 Å². The average Bonchev–Trinajstić information content (AvgIpc) is 3.26. The van der Waals surface area contributed by atoms with Crippen LogP contribution in [0.15, 0.2) is 18.2 Å². The van der Waals surface area contributed by atoms with Crippen molar-refractivity contribution >= 4 is 11.6 Å². The van der Waals surface area contributed by atoms with Gasteiger partial charge in [-0.15, -0.1) is 5.10 Å². The van der Waals surface area contributed by atoms with Crippen LogP contribution in [0.4, 0.5) is 4.39 Å². The van der Waals surface area contributed by atoms with E-state index in [0.29, 0.717) is 28.8 Å². The van der Waals surface area contributed by atoms with Crippen LogP contribution in [0.2, 0.25) is 5.02 Å². The summed E-state index contributed by atoms with van der Waals surface area (Å²) in [4.78, 5) is 2.48. The molecule has 0 aliphatic carbocycles. The van der Waals surface area contributed by atoms with Crippen molar-refractivity contribution in [2.24, 2.45) is 5.92 Å². The first-order valence-electron chi connectivity index (χ1n) is 9.50. The van der Waals surface area contributed by atoms with E-state index >= 15 is 0 Å². The average molecular weight is 393 g/mol. The molecule has 0 radical (unpaired) electrons. The molecular formula is C19H22ClFN4O2. The highest BCUT2D eigenvalue weighted by Crippen LogP contribution is 2.37. The molecule has 144 valence electrons. The number of benzene rings is 1. The number of aromatic nitrogens is 3. The third kappa shape index (κ3) is 3.27. The molecule has 0 saturated carbocycles. The van der Waals surface area contributed by atoms with E-state index < -0.39 is 0 Å². The number of fused-ring (bicyclic) bond motifs is 3. The summed E-state index contributed by atoms with van der Waals surface area (Å²) in [5.74, 6) is 0.336. The van der Waals surface area contributed by atoms with Crippen molar-refractivity contribution in [1.29, 1.82) is 0 Å². The largest absolute Gasteiger partial charge is 0.381 e. The fraction of sp³-hybridized carbons (Fsp3) is 0.579. The lowest BCUT2D eigenvalue weighted by molar-refractivity contribution is -0.00571. The molecule has 1 aromatic carbocycles. The zero-order valence-corrected chi connectivity index (χ0v) is 15.7. The molecule has 2 atom stereocenters. The van der Waals surface area contributed by atoms with E-state index in [4.69, 9.17) is 21.1 Å². The Kier molecular flexibility index (Phi) is 4.63. The molecule has 3 aliphatic heterocycles. The number of hydrogen-bond donors (Lipinski definition) is 0. The third-order valence-corrected chi connectivity index (χ3v) is 6.21. The Bertz CT molecular complexity index is 839. The first-order valence-corrected chi connectivity index (χ1v) is 9.88. The molecule has 1 aromatic heterocycles. The van der Waals surface area contributed by atoms with Crippen LogP contribution in [-0.2, 0) is 16.1 Å². The van der Waals surface area contributed by atoms with Crippen molar-refractivity contribution in [3.05, 3.63) is 34.7 Å². The molecule has 6 nitrogen and oxygen atoms in total. The Balaban J connectivity index is 1.36. The minimum Gasteiger partial charge on any atom is -0.381 e. The van der Waals surface area contributed by atoms with Gasteiger partial charge in [0.15, 0.2) is 0 Å². The molecule has 27 heavy (non-hydrogen) atoms. The molecule has 3 aliphatic rings. The van der Waals surface area contributed by atoms with E-state index in [1.54, 1.807) is 6.07 Å². The highest BCUT2D eigenvalue weighted by atomic mass is 35.5. The summed E-state index contributed by atoms with van der Waals surface area (Å²) >= 11 is 6.23. The van der Waals surface area contributed by atoms with E-state index in [1.807, 2.05) is 4.68 Å². The van der Waals surface area contributed by atoms with Crippen molar-refractivity contribution in [3.8, 4) is 11.3 Å². The predicted molar refractivity (Wildman–Crippen MR) is 98.0 cm³/mol. The number of ether oxygens (including phenoxy) is 2. The number of rotatable bonds is 3. The van der Waals surface area contributed by atoms with Gasteiger partial charge in [-0.1, -0.05) is 16.8 Å². The smallest absolute Gasteiger partial charge is 0.124 e. The molecule has 0 unspecified atom stereocenters. The predicted octanol–water partition coefficient (Wildman–Crippen LogP) is 2.92. The number of halogens is 2. The molecule has 2 saturated heterocycles. The molecular weight excluding hydrogens is 371 g/mol. The van der Waals surface area contributed by atoms with E-state index in [-0.39, 0.29) is 18.0 Å². The lowest BCUT2D eigenvalue weighted by Gasteiger charge is -2.26. The van der Waals surface area contributed by atoms with Crippen molar-refractivity contribution in [2.45, 2.75) is 31.6 Å². The molecule has 2 aromatic rings. The Morgan fingerprint density at radius 1 is 1.22 bits per heavy atom. The normalized spacial score (nSPS) is 26.1. The van der Waals surface area contributed by atoms with Crippen LogP contribution >= 0.6 is 11.6 Å². The van der Waals surface area contributed by atoms with Gasteiger partial charge in [-0.3, -0.25) is 4.90 Å². The van der Waals surface area contributed by atoms with Gasteiger partial charge in [0.2, 0.25) is 0 Å². The number of hydrogen-bond acceptors (Lipinski definition) is 5. The number of likely N-dealkylation sites (tertiary alicyclic amines) is 1. The Hall–Kier alpha value is -1.54. The molecule has 0 spiro atoms. The van der Waals surface area contributed by atoms with Crippen LogP contribution in [0.25, 0.3) is 11.3 Å². The monoisotopic (exact) mass is 392 g/mol. The van der Waals surface area contributed by atoms with Gasteiger partial charge in [0.25, 0.3) is 0 Å². The zero-order valence-electron chi connectivity index (χ0n) is 15.0. The second kappa shape index (κ2) is 7.13. The summed E-state index contributed by atoms with van der Waals surface area (Å²) in [6.45, 7) is 5.11. The quantitative estimate of drug-likeness (QED) is 0.803. The second-order valence-corrected chi connectivity index (χ2v) is 8.05. The van der Waals surface area contributed by atoms with Crippen LogP contribution in [0, 0.1) is 11.7 Å². The van der Waals surface area contributed by atoms with Gasteiger partial charge in [-0.25, -0.2) is 9.07 Å². The van der Waals surface area contributed by atoms with Gasteiger partial charge in [-0.2, -0.15) is 0 Å². The van der Waals surface area contributed by atoms with Crippen molar-refractivity contribution < 1.29 is 13.9 Å². The summed E-state index contributed by atoms with van der Waals surface area (Å²) < 4.78 is 27.0. The first kappa shape index (κ1) is 17.6.